The molecule has 2 aromatic rings. The van der Waals surface area contributed by atoms with Crippen molar-refractivity contribution in [1.29, 1.82) is 0 Å². The molecular weight excluding hydrogens is 252 g/mol. The van der Waals surface area contributed by atoms with Gasteiger partial charge in [0, 0.05) is 19.1 Å². The van der Waals surface area contributed by atoms with Crippen molar-refractivity contribution in [2.75, 3.05) is 32.1 Å². The molecule has 96 valence electrons. The van der Waals surface area contributed by atoms with E-state index in [4.69, 9.17) is 11.6 Å². The third-order valence-electron chi connectivity index (χ3n) is 3.43. The second-order valence-electron chi connectivity index (χ2n) is 4.77. The van der Waals surface area contributed by atoms with Crippen molar-refractivity contribution in [1.82, 2.24) is 24.8 Å². The molecule has 1 N–H and O–H groups in total. The lowest BCUT2D eigenvalue weighted by molar-refractivity contribution is 0.315. The summed E-state index contributed by atoms with van der Waals surface area (Å²) in [6, 6.07) is 0.553. The summed E-state index contributed by atoms with van der Waals surface area (Å²) in [6.07, 6.45) is 2.75. The number of H-pyrrole nitrogens is 1. The van der Waals surface area contributed by atoms with Crippen LogP contribution in [0.4, 0.5) is 5.82 Å². The Balaban J connectivity index is 1.97. The van der Waals surface area contributed by atoms with Crippen molar-refractivity contribution in [3.8, 4) is 0 Å². The van der Waals surface area contributed by atoms with Crippen molar-refractivity contribution in [3.05, 3.63) is 11.6 Å². The number of nitrogens with one attached hydrogen (secondary N) is 1. The Hall–Kier alpha value is -1.40. The molecular formula is C11H15ClN6. The van der Waals surface area contributed by atoms with E-state index >= 15 is 0 Å². The van der Waals surface area contributed by atoms with Gasteiger partial charge >= 0.3 is 0 Å². The van der Waals surface area contributed by atoms with E-state index in [-0.39, 0.29) is 5.28 Å². The van der Waals surface area contributed by atoms with Gasteiger partial charge in [0.05, 0.1) is 6.33 Å². The third-order valence-corrected chi connectivity index (χ3v) is 3.60. The van der Waals surface area contributed by atoms with Crippen molar-refractivity contribution >= 4 is 28.6 Å². The van der Waals surface area contributed by atoms with Gasteiger partial charge in [-0.15, -0.1) is 0 Å². The molecule has 3 rings (SSSR count). The van der Waals surface area contributed by atoms with Crippen LogP contribution in [0, 0.1) is 0 Å². The molecule has 7 heteroatoms. The zero-order valence-electron chi connectivity index (χ0n) is 10.4. The minimum atomic E-state index is 0.248. The number of rotatable bonds is 2. The molecule has 6 nitrogen and oxygen atoms in total. The predicted octanol–water partition coefficient (Wildman–Crippen LogP) is 1.15. The van der Waals surface area contributed by atoms with Gasteiger partial charge in [-0.1, -0.05) is 0 Å². The second-order valence-corrected chi connectivity index (χ2v) is 5.11. The molecule has 1 saturated heterocycles. The molecule has 0 amide bonds. The highest BCUT2D eigenvalue weighted by Gasteiger charge is 2.27. The van der Waals surface area contributed by atoms with Crippen LogP contribution >= 0.6 is 11.6 Å². The Morgan fingerprint density at radius 1 is 1.44 bits per heavy atom. The van der Waals surface area contributed by atoms with E-state index in [9.17, 15) is 0 Å². The van der Waals surface area contributed by atoms with Crippen LogP contribution in [0.3, 0.4) is 0 Å². The SMILES string of the molecule is CN(C)C1CCN(c2nc(Cl)nc3nc[nH]c23)C1. The summed E-state index contributed by atoms with van der Waals surface area (Å²) >= 11 is 5.94. The maximum Gasteiger partial charge on any atom is 0.226 e. The first-order valence-electron chi connectivity index (χ1n) is 5.93. The Morgan fingerprint density at radius 2 is 2.28 bits per heavy atom. The molecule has 1 fully saturated rings. The molecule has 0 bridgehead atoms. The van der Waals surface area contributed by atoms with Gasteiger partial charge in [-0.25, -0.2) is 4.98 Å². The molecule has 1 unspecified atom stereocenters. The van der Waals surface area contributed by atoms with Crippen LogP contribution in [-0.2, 0) is 0 Å². The van der Waals surface area contributed by atoms with E-state index in [1.807, 2.05) is 0 Å². The number of likely N-dealkylation sites (N-methyl/N-ethyl adjacent to an activating group) is 1. The fourth-order valence-electron chi connectivity index (χ4n) is 2.38. The molecule has 0 saturated carbocycles. The van der Waals surface area contributed by atoms with Crippen LogP contribution in [0.2, 0.25) is 5.28 Å². The summed E-state index contributed by atoms with van der Waals surface area (Å²) in [6.45, 7) is 1.93. The zero-order chi connectivity index (χ0) is 12.7. The highest BCUT2D eigenvalue weighted by atomic mass is 35.5. The van der Waals surface area contributed by atoms with E-state index in [1.165, 1.54) is 0 Å². The quantitative estimate of drug-likeness (QED) is 0.826. The predicted molar refractivity (Wildman–Crippen MR) is 71.0 cm³/mol. The number of aromatic nitrogens is 4. The summed E-state index contributed by atoms with van der Waals surface area (Å²) in [5, 5.41) is 0.248. The van der Waals surface area contributed by atoms with Crippen molar-refractivity contribution < 1.29 is 0 Å². The van der Waals surface area contributed by atoms with Crippen LogP contribution < -0.4 is 4.90 Å². The van der Waals surface area contributed by atoms with E-state index in [0.717, 1.165) is 30.8 Å². The Bertz CT molecular complexity index is 566. The molecule has 0 spiro atoms. The normalized spacial score (nSPS) is 20.2. The van der Waals surface area contributed by atoms with Crippen LogP contribution in [0.15, 0.2) is 6.33 Å². The zero-order valence-corrected chi connectivity index (χ0v) is 11.1. The molecule has 18 heavy (non-hydrogen) atoms. The smallest absolute Gasteiger partial charge is 0.226 e. The maximum atomic E-state index is 5.94. The Labute approximate surface area is 110 Å². The first-order valence-corrected chi connectivity index (χ1v) is 6.31. The topological polar surface area (TPSA) is 60.9 Å². The van der Waals surface area contributed by atoms with Crippen molar-refractivity contribution in [2.45, 2.75) is 12.5 Å². The number of fused-ring (bicyclic) bond motifs is 1. The molecule has 1 aliphatic heterocycles. The average molecular weight is 267 g/mol. The monoisotopic (exact) mass is 266 g/mol. The summed E-state index contributed by atoms with van der Waals surface area (Å²) in [7, 11) is 4.21. The van der Waals surface area contributed by atoms with Gasteiger partial charge in [-0.3, -0.25) is 0 Å². The van der Waals surface area contributed by atoms with Crippen LogP contribution in [0.5, 0.6) is 0 Å². The molecule has 0 aromatic carbocycles. The lowest BCUT2D eigenvalue weighted by Crippen LogP contribution is -2.31. The molecule has 0 aliphatic carbocycles. The number of anilines is 1. The first kappa shape index (κ1) is 11.7. The summed E-state index contributed by atoms with van der Waals surface area (Å²) in [5.74, 6) is 0.854. The van der Waals surface area contributed by atoms with E-state index in [0.29, 0.717) is 11.7 Å². The largest absolute Gasteiger partial charge is 0.353 e. The fourth-order valence-corrected chi connectivity index (χ4v) is 2.54. The number of nitrogens with zero attached hydrogens (tertiary/aromatic N) is 5. The highest BCUT2D eigenvalue weighted by Crippen LogP contribution is 2.26. The third kappa shape index (κ3) is 1.91. The summed E-state index contributed by atoms with van der Waals surface area (Å²) in [5.41, 5.74) is 1.48. The van der Waals surface area contributed by atoms with Gasteiger partial charge in [-0.2, -0.15) is 9.97 Å². The molecule has 1 aliphatic rings. The molecule has 3 heterocycles. The van der Waals surface area contributed by atoms with E-state index in [2.05, 4.69) is 43.8 Å². The molecule has 0 radical (unpaired) electrons. The van der Waals surface area contributed by atoms with E-state index in [1.54, 1.807) is 6.33 Å². The first-order chi connectivity index (χ1) is 8.65. The standard InChI is InChI=1S/C11H15ClN6/c1-17(2)7-3-4-18(5-7)10-8-9(14-6-13-8)15-11(12)16-10/h6-7H,3-5H2,1-2H3,(H,13,14,15,16). The Kier molecular flexibility index (Phi) is 2.83. The van der Waals surface area contributed by atoms with Gasteiger partial charge in [0.15, 0.2) is 11.5 Å². The number of imidazole rings is 1. The van der Waals surface area contributed by atoms with Crippen LogP contribution in [0.25, 0.3) is 11.2 Å². The van der Waals surface area contributed by atoms with Gasteiger partial charge < -0.3 is 14.8 Å². The van der Waals surface area contributed by atoms with Crippen molar-refractivity contribution in [2.24, 2.45) is 0 Å². The number of halogens is 1. The lowest BCUT2D eigenvalue weighted by atomic mass is 10.2. The minimum absolute atomic E-state index is 0.248. The highest BCUT2D eigenvalue weighted by molar-refractivity contribution is 6.28. The summed E-state index contributed by atoms with van der Waals surface area (Å²) in [4.78, 5) is 20.1. The number of hydrogen-bond acceptors (Lipinski definition) is 5. The number of hydrogen-bond donors (Lipinski definition) is 1. The van der Waals surface area contributed by atoms with Gasteiger partial charge in [0.1, 0.15) is 5.52 Å². The van der Waals surface area contributed by atoms with Gasteiger partial charge in [0.2, 0.25) is 5.28 Å². The summed E-state index contributed by atoms with van der Waals surface area (Å²) < 4.78 is 0. The van der Waals surface area contributed by atoms with Crippen molar-refractivity contribution in [3.63, 3.8) is 0 Å². The minimum Gasteiger partial charge on any atom is -0.353 e. The molecule has 2 aromatic heterocycles. The average Bonchev–Trinajstić information content (AvgIpc) is 2.95. The maximum absolute atomic E-state index is 5.94. The van der Waals surface area contributed by atoms with Gasteiger partial charge in [0.25, 0.3) is 0 Å². The lowest BCUT2D eigenvalue weighted by Gasteiger charge is -2.21. The van der Waals surface area contributed by atoms with Gasteiger partial charge in [-0.05, 0) is 32.1 Å². The van der Waals surface area contributed by atoms with E-state index < -0.39 is 0 Å². The fraction of sp³-hybridized carbons (Fsp3) is 0.545. The number of aromatic amines is 1. The molecule has 1 atom stereocenters. The second kappa shape index (κ2) is 4.37. The van der Waals surface area contributed by atoms with Crippen LogP contribution in [-0.4, -0.2) is 58.1 Å². The Morgan fingerprint density at radius 3 is 3.00 bits per heavy atom. The van der Waals surface area contributed by atoms with Crippen LogP contribution in [0.1, 0.15) is 6.42 Å².